The first-order valence-corrected chi connectivity index (χ1v) is 4.72. The van der Waals surface area contributed by atoms with Crippen LogP contribution in [0.5, 0.6) is 0 Å². The monoisotopic (exact) mass is 208 g/mol. The normalized spacial score (nSPS) is 15.8. The molecule has 1 N–H and O–H groups in total. The Bertz CT molecular complexity index is 378. The van der Waals surface area contributed by atoms with Gasteiger partial charge in [0.2, 0.25) is 0 Å². The van der Waals surface area contributed by atoms with E-state index in [1.807, 2.05) is 11.9 Å². The van der Waals surface area contributed by atoms with Gasteiger partial charge in [0.05, 0.1) is 11.0 Å². The van der Waals surface area contributed by atoms with Crippen LogP contribution in [0.1, 0.15) is 0 Å². The number of aromatic nitrogens is 1. The van der Waals surface area contributed by atoms with Crippen LogP contribution in [0.3, 0.4) is 0 Å². The second-order valence-corrected chi connectivity index (χ2v) is 3.54. The van der Waals surface area contributed by atoms with Gasteiger partial charge in [0, 0.05) is 26.3 Å². The standard InChI is InChI=1S/C9H12N4O2/c1-12(7-4-11-5-7)8-2-3-10-6-9(8)13(14)15/h2-3,6-7,11H,4-5H2,1H3. The molecule has 0 bridgehead atoms. The number of rotatable bonds is 3. The largest absolute Gasteiger partial charge is 0.363 e. The summed E-state index contributed by atoms with van der Waals surface area (Å²) in [5, 5.41) is 13.9. The Kier molecular flexibility index (Phi) is 2.51. The zero-order valence-electron chi connectivity index (χ0n) is 8.38. The number of likely N-dealkylation sites (N-methyl/N-ethyl adjacent to an activating group) is 1. The predicted octanol–water partition coefficient (Wildman–Crippen LogP) is 0.398. The fourth-order valence-electron chi connectivity index (χ4n) is 1.56. The quantitative estimate of drug-likeness (QED) is 0.575. The van der Waals surface area contributed by atoms with Crippen LogP contribution in [0.2, 0.25) is 0 Å². The van der Waals surface area contributed by atoms with E-state index < -0.39 is 4.92 Å². The van der Waals surface area contributed by atoms with Crippen molar-refractivity contribution in [2.24, 2.45) is 0 Å². The van der Waals surface area contributed by atoms with Crippen molar-refractivity contribution in [1.29, 1.82) is 0 Å². The molecule has 1 aromatic heterocycles. The maximum atomic E-state index is 10.8. The van der Waals surface area contributed by atoms with E-state index in [1.165, 1.54) is 6.20 Å². The van der Waals surface area contributed by atoms with Crippen LogP contribution >= 0.6 is 0 Å². The van der Waals surface area contributed by atoms with E-state index in [1.54, 1.807) is 12.3 Å². The minimum atomic E-state index is -0.398. The van der Waals surface area contributed by atoms with Gasteiger partial charge in [-0.15, -0.1) is 0 Å². The van der Waals surface area contributed by atoms with Crippen LogP contribution in [0, 0.1) is 10.1 Å². The van der Waals surface area contributed by atoms with Gasteiger partial charge in [0.15, 0.2) is 0 Å². The molecule has 1 aliphatic rings. The van der Waals surface area contributed by atoms with E-state index in [9.17, 15) is 10.1 Å². The van der Waals surface area contributed by atoms with E-state index in [4.69, 9.17) is 0 Å². The van der Waals surface area contributed by atoms with E-state index in [-0.39, 0.29) is 5.69 Å². The van der Waals surface area contributed by atoms with Gasteiger partial charge in [-0.3, -0.25) is 15.1 Å². The van der Waals surface area contributed by atoms with E-state index in [0.717, 1.165) is 13.1 Å². The Morgan fingerprint density at radius 2 is 2.40 bits per heavy atom. The summed E-state index contributed by atoms with van der Waals surface area (Å²) in [7, 11) is 1.87. The lowest BCUT2D eigenvalue weighted by Gasteiger charge is -2.36. The van der Waals surface area contributed by atoms with Crippen LogP contribution in [-0.4, -0.2) is 36.1 Å². The molecule has 0 amide bonds. The molecule has 1 aromatic rings. The fourth-order valence-corrected chi connectivity index (χ4v) is 1.56. The first-order valence-electron chi connectivity index (χ1n) is 4.72. The number of nitrogens with one attached hydrogen (secondary N) is 1. The van der Waals surface area contributed by atoms with Crippen molar-refractivity contribution in [2.45, 2.75) is 6.04 Å². The summed E-state index contributed by atoms with van der Waals surface area (Å²) in [6, 6.07) is 2.02. The summed E-state index contributed by atoms with van der Waals surface area (Å²) in [6.45, 7) is 1.74. The lowest BCUT2D eigenvalue weighted by atomic mass is 10.1. The molecule has 0 atom stereocenters. The number of nitrogens with zero attached hydrogens (tertiary/aromatic N) is 3. The van der Waals surface area contributed by atoms with Crippen molar-refractivity contribution in [3.8, 4) is 0 Å². The second kappa shape index (κ2) is 3.82. The van der Waals surface area contributed by atoms with Crippen molar-refractivity contribution in [3.05, 3.63) is 28.6 Å². The van der Waals surface area contributed by atoms with Crippen molar-refractivity contribution in [2.75, 3.05) is 25.0 Å². The Balaban J connectivity index is 2.29. The molecular weight excluding hydrogens is 196 g/mol. The van der Waals surface area contributed by atoms with Gasteiger partial charge >= 0.3 is 5.69 Å². The minimum Gasteiger partial charge on any atom is -0.363 e. The van der Waals surface area contributed by atoms with Crippen molar-refractivity contribution in [3.63, 3.8) is 0 Å². The third-order valence-corrected chi connectivity index (χ3v) is 2.66. The molecule has 6 nitrogen and oxygen atoms in total. The van der Waals surface area contributed by atoms with Crippen LogP contribution < -0.4 is 10.2 Å². The average Bonchev–Trinajstić information content (AvgIpc) is 2.15. The summed E-state index contributed by atoms with van der Waals surface area (Å²) < 4.78 is 0. The first-order chi connectivity index (χ1) is 7.20. The smallest absolute Gasteiger partial charge is 0.310 e. The highest BCUT2D eigenvalue weighted by atomic mass is 16.6. The second-order valence-electron chi connectivity index (χ2n) is 3.54. The zero-order chi connectivity index (χ0) is 10.8. The van der Waals surface area contributed by atoms with Crippen LogP contribution in [-0.2, 0) is 0 Å². The Morgan fingerprint density at radius 1 is 1.67 bits per heavy atom. The zero-order valence-corrected chi connectivity index (χ0v) is 8.38. The lowest BCUT2D eigenvalue weighted by molar-refractivity contribution is -0.384. The van der Waals surface area contributed by atoms with E-state index in [0.29, 0.717) is 11.7 Å². The van der Waals surface area contributed by atoms with Gasteiger partial charge in [-0.2, -0.15) is 0 Å². The highest BCUT2D eigenvalue weighted by Gasteiger charge is 2.26. The Hall–Kier alpha value is -1.69. The molecule has 1 saturated heterocycles. The molecule has 0 unspecified atom stereocenters. The van der Waals surface area contributed by atoms with E-state index in [2.05, 4.69) is 10.3 Å². The molecule has 80 valence electrons. The minimum absolute atomic E-state index is 0.0619. The SMILES string of the molecule is CN(c1ccncc1[N+](=O)[O-])C1CNC1. The molecule has 0 spiro atoms. The molecule has 0 aliphatic carbocycles. The van der Waals surface area contributed by atoms with Gasteiger partial charge in [-0.05, 0) is 6.07 Å². The van der Waals surface area contributed by atoms with Crippen molar-refractivity contribution >= 4 is 11.4 Å². The number of pyridine rings is 1. The molecule has 0 saturated carbocycles. The van der Waals surface area contributed by atoms with Gasteiger partial charge in [0.1, 0.15) is 11.9 Å². The number of hydrogen-bond donors (Lipinski definition) is 1. The van der Waals surface area contributed by atoms with Gasteiger partial charge in [0.25, 0.3) is 0 Å². The maximum Gasteiger partial charge on any atom is 0.310 e. The van der Waals surface area contributed by atoms with E-state index >= 15 is 0 Å². The molecule has 6 heteroatoms. The van der Waals surface area contributed by atoms with Gasteiger partial charge < -0.3 is 10.2 Å². The molecular formula is C9H12N4O2. The Labute approximate surface area is 87.1 Å². The summed E-state index contributed by atoms with van der Waals surface area (Å²) in [4.78, 5) is 16.1. The highest BCUT2D eigenvalue weighted by Crippen LogP contribution is 2.27. The number of nitro groups is 1. The summed E-state index contributed by atoms with van der Waals surface area (Å²) >= 11 is 0. The molecule has 15 heavy (non-hydrogen) atoms. The van der Waals surface area contributed by atoms with Crippen molar-refractivity contribution < 1.29 is 4.92 Å². The first kappa shape index (κ1) is 9.85. The van der Waals surface area contributed by atoms with Crippen LogP contribution in [0.25, 0.3) is 0 Å². The fraction of sp³-hybridized carbons (Fsp3) is 0.444. The number of anilines is 1. The average molecular weight is 208 g/mol. The topological polar surface area (TPSA) is 71.3 Å². The van der Waals surface area contributed by atoms with Gasteiger partial charge in [-0.1, -0.05) is 0 Å². The number of hydrogen-bond acceptors (Lipinski definition) is 5. The predicted molar refractivity (Wildman–Crippen MR) is 56.0 cm³/mol. The third kappa shape index (κ3) is 1.75. The molecule has 1 aliphatic heterocycles. The maximum absolute atomic E-state index is 10.8. The molecule has 2 rings (SSSR count). The molecule has 0 radical (unpaired) electrons. The summed E-state index contributed by atoms with van der Waals surface area (Å²) in [5.41, 5.74) is 0.688. The third-order valence-electron chi connectivity index (χ3n) is 2.66. The van der Waals surface area contributed by atoms with Crippen LogP contribution in [0.15, 0.2) is 18.5 Å². The highest BCUT2D eigenvalue weighted by molar-refractivity contribution is 5.62. The summed E-state index contributed by atoms with van der Waals surface area (Å²) in [5.74, 6) is 0. The molecule has 0 aromatic carbocycles. The van der Waals surface area contributed by atoms with Crippen molar-refractivity contribution in [1.82, 2.24) is 10.3 Å². The molecule has 2 heterocycles. The Morgan fingerprint density at radius 3 is 2.93 bits per heavy atom. The van der Waals surface area contributed by atoms with Crippen LogP contribution in [0.4, 0.5) is 11.4 Å². The summed E-state index contributed by atoms with van der Waals surface area (Å²) in [6.07, 6.45) is 2.86. The lowest BCUT2D eigenvalue weighted by Crippen LogP contribution is -2.56. The van der Waals surface area contributed by atoms with Gasteiger partial charge in [-0.25, -0.2) is 0 Å². The molecule has 1 fully saturated rings.